The van der Waals surface area contributed by atoms with Crippen LogP contribution >= 0.6 is 15.6 Å². The third kappa shape index (κ3) is 19.6. The maximum atomic E-state index is 9.97. The maximum Gasteiger partial charge on any atom is 1.00 e. The van der Waals surface area contributed by atoms with Crippen LogP contribution in [0.4, 0.5) is 0 Å². The molecule has 0 rings (SSSR count). The van der Waals surface area contributed by atoms with Gasteiger partial charge >= 0.3 is 170 Å². The first kappa shape index (κ1) is 26.6. The van der Waals surface area contributed by atoms with Crippen molar-refractivity contribution in [3.8, 4) is 0 Å². The van der Waals surface area contributed by atoms with Crippen molar-refractivity contribution in [2.45, 2.75) is 0 Å². The van der Waals surface area contributed by atoms with Crippen molar-refractivity contribution in [3.63, 3.8) is 0 Å². The van der Waals surface area contributed by atoms with Crippen molar-refractivity contribution < 1.29 is 196 Å². The van der Waals surface area contributed by atoms with Gasteiger partial charge in [0.1, 0.15) is 0 Å². The largest absolute Gasteiger partial charge is 1.00 e. The van der Waals surface area contributed by atoms with Gasteiger partial charge in [0.2, 0.25) is 0 Å². The quantitative estimate of drug-likeness (QED) is 0.175. The molecule has 0 saturated carbocycles. The predicted octanol–water partition coefficient (Wildman–Crippen LogP) is -8.96. The second-order valence-electron chi connectivity index (χ2n) is 1.12. The molecule has 4 N–H and O–H groups in total. The van der Waals surface area contributed by atoms with Gasteiger partial charge in [0.15, 0.2) is 0 Å². The Bertz CT molecular complexity index is 207. The molecular formula is H7K3O8P2. The van der Waals surface area contributed by atoms with Gasteiger partial charge in [0.25, 0.3) is 0 Å². The molecule has 0 aromatic rings. The van der Waals surface area contributed by atoms with Crippen LogP contribution < -0.4 is 154 Å². The zero-order chi connectivity index (χ0) is 8.41. The van der Waals surface area contributed by atoms with Gasteiger partial charge < -0.3 is 19.0 Å². The molecule has 0 aliphatic rings. The zero-order valence-electron chi connectivity index (χ0n) is 10.3. The molecule has 1 unspecified atom stereocenters. The summed E-state index contributed by atoms with van der Waals surface area (Å²) in [5.74, 6) is 0. The Labute approximate surface area is 206 Å². The van der Waals surface area contributed by atoms with E-state index in [0.717, 1.165) is 0 Å². The van der Waals surface area contributed by atoms with Gasteiger partial charge in [-0.25, -0.2) is 14.4 Å². The fourth-order valence-corrected chi connectivity index (χ4v) is 1.34. The number of rotatable bonds is 3. The number of phosphoric acid groups is 2. The monoisotopic (exact) mass is 314 g/mol. The summed E-state index contributed by atoms with van der Waals surface area (Å²) in [6.07, 6.45) is 0. The van der Waals surface area contributed by atoms with E-state index in [2.05, 4.69) is 8.99 Å². The molecule has 0 aromatic carbocycles. The van der Waals surface area contributed by atoms with Crippen molar-refractivity contribution in [3.05, 3.63) is 0 Å². The molecule has 0 fully saturated rings. The van der Waals surface area contributed by atoms with Crippen LogP contribution in [0, 0.1) is 0 Å². The molecule has 0 aliphatic carbocycles. The Balaban J connectivity index is -0.0000000270. The van der Waals surface area contributed by atoms with Crippen molar-refractivity contribution in [2.24, 2.45) is 0 Å². The van der Waals surface area contributed by atoms with Crippen LogP contribution in [0.3, 0.4) is 0 Å². The Morgan fingerprint density at radius 2 is 1.31 bits per heavy atom. The van der Waals surface area contributed by atoms with Gasteiger partial charge in [-0.05, 0) is 0 Å². The first-order valence-electron chi connectivity index (χ1n) is 1.70. The molecule has 13 heavy (non-hydrogen) atoms. The van der Waals surface area contributed by atoms with Crippen molar-refractivity contribution in [1.29, 1.82) is 0 Å². The Hall–Kier alpha value is 5.13. The Kier molecular flexibility index (Phi) is 25.0. The van der Waals surface area contributed by atoms with E-state index in [9.17, 15) is 9.13 Å². The van der Waals surface area contributed by atoms with Crippen molar-refractivity contribution in [2.75, 3.05) is 0 Å². The second-order valence-corrected chi connectivity index (χ2v) is 3.86. The molecule has 0 heterocycles. The van der Waals surface area contributed by atoms with Crippen LogP contribution in [0.15, 0.2) is 0 Å². The summed E-state index contributed by atoms with van der Waals surface area (Å²) in [7, 11) is -10.1. The average Bonchev–Trinajstić information content (AvgIpc) is 1.60. The maximum absolute atomic E-state index is 9.97. The first-order valence-corrected chi connectivity index (χ1v) is 4.72. The van der Waals surface area contributed by atoms with Crippen LogP contribution in [0.1, 0.15) is 4.28 Å². The van der Waals surface area contributed by atoms with E-state index in [1.54, 1.807) is 0 Å². The topological polar surface area (TPSA) is 134 Å². The minimum Gasteiger partial charge on any atom is -1.00 e. The fraction of sp³-hybridized carbons (Fsp3) is 0. The van der Waals surface area contributed by atoms with Gasteiger partial charge in [0.05, 0.1) is 0 Å². The van der Waals surface area contributed by atoms with Crippen LogP contribution in [-0.2, 0) is 18.1 Å². The molecule has 0 amide bonds. The van der Waals surface area contributed by atoms with Gasteiger partial charge in [-0.1, -0.05) is 0 Å². The smallest absolute Gasteiger partial charge is 1.00 e. The molecule has 0 saturated heterocycles. The third-order valence-electron chi connectivity index (χ3n) is 0.313. The first-order chi connectivity index (χ1) is 4.27. The van der Waals surface area contributed by atoms with Crippen molar-refractivity contribution in [1.82, 2.24) is 0 Å². The predicted molar refractivity (Wildman–Crippen MR) is 30.0 cm³/mol. The third-order valence-corrected chi connectivity index (χ3v) is 2.20. The van der Waals surface area contributed by atoms with E-state index in [1.165, 1.54) is 0 Å². The van der Waals surface area contributed by atoms with Crippen molar-refractivity contribution >= 4 is 15.6 Å². The molecule has 8 nitrogen and oxygen atoms in total. The summed E-state index contributed by atoms with van der Waals surface area (Å²) in [5, 5.41) is 7.48. The van der Waals surface area contributed by atoms with E-state index in [0.29, 0.717) is 0 Å². The molecule has 1 atom stereocenters. The normalized spacial score (nSPS) is 14.2. The summed E-state index contributed by atoms with van der Waals surface area (Å²) >= 11 is 0. The van der Waals surface area contributed by atoms with Gasteiger partial charge in [0, 0.05) is 0 Å². The summed E-state index contributed by atoms with van der Waals surface area (Å²) in [5.41, 5.74) is 0. The molecule has 0 aliphatic heterocycles. The minimum atomic E-state index is -5.10. The van der Waals surface area contributed by atoms with Crippen LogP contribution in [0.5, 0.6) is 0 Å². The molecule has 0 spiro atoms. The molecular weight excluding hydrogens is 307 g/mol. The Morgan fingerprint density at radius 3 is 1.38 bits per heavy atom. The second kappa shape index (κ2) is 12.2. The van der Waals surface area contributed by atoms with E-state index in [4.69, 9.17) is 19.9 Å². The summed E-state index contributed by atoms with van der Waals surface area (Å²) in [4.78, 5) is 23.7. The average molecular weight is 314 g/mol. The van der Waals surface area contributed by atoms with E-state index in [-0.39, 0.29) is 158 Å². The summed E-state index contributed by atoms with van der Waals surface area (Å²) in [6, 6.07) is 0. The number of hydrogen-bond acceptors (Lipinski definition) is 5. The summed E-state index contributed by atoms with van der Waals surface area (Å²) in [6.45, 7) is 0. The van der Waals surface area contributed by atoms with Crippen LogP contribution in [0.25, 0.3) is 0 Å². The van der Waals surface area contributed by atoms with Crippen LogP contribution in [-0.4, -0.2) is 19.9 Å². The molecule has 0 aromatic heterocycles. The van der Waals surface area contributed by atoms with Crippen LogP contribution in [0.2, 0.25) is 0 Å². The molecule has 68 valence electrons. The van der Waals surface area contributed by atoms with E-state index >= 15 is 0 Å². The molecule has 13 heteroatoms. The van der Waals surface area contributed by atoms with Gasteiger partial charge in [-0.3, -0.25) is 0 Å². The van der Waals surface area contributed by atoms with Gasteiger partial charge in [-0.2, -0.15) is 4.31 Å². The Morgan fingerprint density at radius 1 is 1.00 bits per heavy atom. The SMILES string of the molecule is O=P(O)(O)OP(=O)(O)OO.[H-].[H-].[H-].[K+].[K+].[K+]. The minimum absolute atomic E-state index is 0. The summed E-state index contributed by atoms with van der Waals surface area (Å²) < 4.78 is 25.5. The zero-order valence-corrected chi connectivity index (χ0v) is 18.5. The number of hydrogen-bond donors (Lipinski definition) is 4. The van der Waals surface area contributed by atoms with E-state index in [1.807, 2.05) is 0 Å². The van der Waals surface area contributed by atoms with E-state index < -0.39 is 15.6 Å². The molecule has 0 bridgehead atoms. The molecule has 0 radical (unpaired) electrons. The fourth-order valence-electron chi connectivity index (χ4n) is 0.149. The van der Waals surface area contributed by atoms with Gasteiger partial charge in [-0.15, -0.1) is 4.67 Å². The standard InChI is InChI=1S/3K.H4O8P2.3H/c;;;1-7-10(5,6)8-9(2,3)4;;;/h;;;1H,(H,5,6)(H2,2,3,4);;;/q3*+1;;3*-1.